The molecule has 1 aromatic heterocycles. The molecule has 1 amide bonds. The number of anilines is 1. The number of fused-ring (bicyclic) bond motifs is 5. The topological polar surface area (TPSA) is 53.7 Å². The first-order valence-corrected chi connectivity index (χ1v) is 9.28. The zero-order valence-corrected chi connectivity index (χ0v) is 15.4. The first kappa shape index (κ1) is 15.6. The SMILES string of the molecule is Cc1nc2c(n1Cc1ccccc1)C(=O)N(C)C1=NC3(C)CCCC3N12. The highest BCUT2D eigenvalue weighted by Gasteiger charge is 2.54. The Morgan fingerprint density at radius 2 is 2.04 bits per heavy atom. The molecule has 0 spiro atoms. The Hall–Kier alpha value is -2.63. The Morgan fingerprint density at radius 1 is 1.27 bits per heavy atom. The number of aliphatic imine (C=N–C) groups is 1. The number of aryl methyl sites for hydroxylation is 1. The summed E-state index contributed by atoms with van der Waals surface area (Å²) >= 11 is 0. The standard InChI is InChI=1S/C20H23N5O/c1-13-21-17-16(24(13)12-14-8-5-4-6-9-14)18(26)23(3)19-22-20(2)11-7-10-15(20)25(17)19/h4-6,8-9,15H,7,10-12H2,1-3H3. The molecule has 1 saturated carbocycles. The molecule has 2 unspecified atom stereocenters. The number of amides is 1. The molecule has 0 N–H and O–H groups in total. The minimum atomic E-state index is -0.109. The van der Waals surface area contributed by atoms with E-state index in [9.17, 15) is 4.79 Å². The molecule has 3 aliphatic rings. The van der Waals surface area contributed by atoms with E-state index < -0.39 is 0 Å². The van der Waals surface area contributed by atoms with Gasteiger partial charge in [0.1, 0.15) is 5.82 Å². The highest BCUT2D eigenvalue weighted by atomic mass is 16.2. The molecule has 134 valence electrons. The van der Waals surface area contributed by atoms with Crippen molar-refractivity contribution < 1.29 is 4.79 Å². The fraction of sp³-hybridized carbons (Fsp3) is 0.450. The van der Waals surface area contributed by atoms with Gasteiger partial charge in [0, 0.05) is 13.6 Å². The molecule has 0 saturated heterocycles. The van der Waals surface area contributed by atoms with Crippen molar-refractivity contribution in [3.05, 3.63) is 47.4 Å². The molecule has 1 fully saturated rings. The number of benzene rings is 1. The first-order chi connectivity index (χ1) is 12.5. The Balaban J connectivity index is 1.65. The highest BCUT2D eigenvalue weighted by molar-refractivity contribution is 6.18. The number of hydrogen-bond acceptors (Lipinski definition) is 4. The smallest absolute Gasteiger partial charge is 0.280 e. The van der Waals surface area contributed by atoms with Gasteiger partial charge in [-0.25, -0.2) is 9.98 Å². The van der Waals surface area contributed by atoms with E-state index in [2.05, 4.69) is 24.0 Å². The molecule has 2 aliphatic heterocycles. The fourth-order valence-electron chi connectivity index (χ4n) is 4.71. The lowest BCUT2D eigenvalue weighted by Crippen LogP contribution is -2.52. The predicted octanol–water partition coefficient (Wildman–Crippen LogP) is 2.81. The van der Waals surface area contributed by atoms with Crippen LogP contribution in [0.5, 0.6) is 0 Å². The zero-order chi connectivity index (χ0) is 18.1. The second-order valence-electron chi connectivity index (χ2n) is 7.81. The molecule has 2 atom stereocenters. The lowest BCUT2D eigenvalue weighted by molar-refractivity contribution is 0.0854. The van der Waals surface area contributed by atoms with E-state index in [4.69, 9.17) is 9.98 Å². The predicted molar refractivity (Wildman–Crippen MR) is 101 cm³/mol. The number of carbonyl (C=O) groups is 1. The van der Waals surface area contributed by atoms with Crippen LogP contribution in [-0.4, -0.2) is 44.9 Å². The van der Waals surface area contributed by atoms with Crippen LogP contribution < -0.4 is 4.90 Å². The van der Waals surface area contributed by atoms with Crippen molar-refractivity contribution in [2.45, 2.75) is 51.2 Å². The first-order valence-electron chi connectivity index (χ1n) is 9.28. The van der Waals surface area contributed by atoms with Crippen molar-refractivity contribution in [2.75, 3.05) is 11.9 Å². The van der Waals surface area contributed by atoms with Crippen molar-refractivity contribution in [1.29, 1.82) is 0 Å². The van der Waals surface area contributed by atoms with Gasteiger partial charge < -0.3 is 4.57 Å². The molecule has 26 heavy (non-hydrogen) atoms. The van der Waals surface area contributed by atoms with Crippen LogP contribution in [0.4, 0.5) is 5.82 Å². The molecule has 0 bridgehead atoms. The van der Waals surface area contributed by atoms with Gasteiger partial charge in [0.25, 0.3) is 5.91 Å². The Morgan fingerprint density at radius 3 is 2.81 bits per heavy atom. The summed E-state index contributed by atoms with van der Waals surface area (Å²) in [5.41, 5.74) is 1.74. The van der Waals surface area contributed by atoms with Crippen molar-refractivity contribution in [2.24, 2.45) is 4.99 Å². The third kappa shape index (κ3) is 1.95. The maximum atomic E-state index is 13.2. The van der Waals surface area contributed by atoms with Gasteiger partial charge in [-0.05, 0) is 38.7 Å². The monoisotopic (exact) mass is 349 g/mol. The summed E-state index contributed by atoms with van der Waals surface area (Å²) in [6.07, 6.45) is 3.33. The fourth-order valence-corrected chi connectivity index (χ4v) is 4.71. The minimum absolute atomic E-state index is 0.0184. The molecule has 5 rings (SSSR count). The molecule has 6 nitrogen and oxygen atoms in total. The average molecular weight is 349 g/mol. The van der Waals surface area contributed by atoms with Gasteiger partial charge in [0.05, 0.1) is 11.6 Å². The summed E-state index contributed by atoms with van der Waals surface area (Å²) < 4.78 is 2.05. The van der Waals surface area contributed by atoms with Crippen LogP contribution in [0.2, 0.25) is 0 Å². The summed E-state index contributed by atoms with van der Waals surface area (Å²) in [4.78, 5) is 26.9. The Labute approximate surface area is 153 Å². The van der Waals surface area contributed by atoms with Crippen molar-refractivity contribution in [3.63, 3.8) is 0 Å². The van der Waals surface area contributed by atoms with Gasteiger partial charge >= 0.3 is 0 Å². The van der Waals surface area contributed by atoms with E-state index in [1.807, 2.05) is 36.7 Å². The largest absolute Gasteiger partial charge is 0.318 e. The molecular formula is C20H23N5O. The van der Waals surface area contributed by atoms with Crippen LogP contribution in [0.1, 0.15) is 48.1 Å². The lowest BCUT2D eigenvalue weighted by atomic mass is 9.97. The van der Waals surface area contributed by atoms with Crippen LogP contribution >= 0.6 is 0 Å². The summed E-state index contributed by atoms with van der Waals surface area (Å²) in [6, 6.07) is 10.5. The molecule has 2 aromatic rings. The molecule has 6 heteroatoms. The number of guanidine groups is 1. The molecular weight excluding hydrogens is 326 g/mol. The number of nitrogens with zero attached hydrogens (tertiary/aromatic N) is 5. The lowest BCUT2D eigenvalue weighted by Gasteiger charge is -2.35. The van der Waals surface area contributed by atoms with E-state index in [0.717, 1.165) is 36.0 Å². The summed E-state index contributed by atoms with van der Waals surface area (Å²) in [7, 11) is 1.83. The third-order valence-corrected chi connectivity index (χ3v) is 6.12. The van der Waals surface area contributed by atoms with Crippen molar-refractivity contribution in [1.82, 2.24) is 14.5 Å². The quantitative estimate of drug-likeness (QED) is 0.838. The van der Waals surface area contributed by atoms with Crippen LogP contribution in [-0.2, 0) is 6.54 Å². The number of rotatable bonds is 2. The number of hydrogen-bond donors (Lipinski definition) is 0. The van der Waals surface area contributed by atoms with Gasteiger partial charge in [-0.15, -0.1) is 0 Å². The van der Waals surface area contributed by atoms with Crippen LogP contribution in [0, 0.1) is 6.92 Å². The normalized spacial score (nSPS) is 26.7. The van der Waals surface area contributed by atoms with E-state index in [1.165, 1.54) is 6.42 Å². The maximum Gasteiger partial charge on any atom is 0.280 e. The molecule has 0 radical (unpaired) electrons. The van der Waals surface area contributed by atoms with Crippen LogP contribution in [0.25, 0.3) is 0 Å². The van der Waals surface area contributed by atoms with E-state index in [0.29, 0.717) is 18.3 Å². The zero-order valence-electron chi connectivity index (χ0n) is 15.4. The minimum Gasteiger partial charge on any atom is -0.318 e. The summed E-state index contributed by atoms with van der Waals surface area (Å²) in [5.74, 6) is 2.40. The Bertz CT molecular complexity index is 931. The number of aromatic nitrogens is 2. The van der Waals surface area contributed by atoms with Crippen LogP contribution in [0.15, 0.2) is 35.3 Å². The second kappa shape index (κ2) is 5.19. The van der Waals surface area contributed by atoms with Gasteiger partial charge in [-0.2, -0.15) is 0 Å². The van der Waals surface area contributed by atoms with Crippen molar-refractivity contribution in [3.8, 4) is 0 Å². The third-order valence-electron chi connectivity index (χ3n) is 6.12. The van der Waals surface area contributed by atoms with Gasteiger partial charge in [-0.1, -0.05) is 30.3 Å². The molecule has 1 aliphatic carbocycles. The van der Waals surface area contributed by atoms with Gasteiger partial charge in [0.15, 0.2) is 11.5 Å². The number of imidazole rings is 1. The summed E-state index contributed by atoms with van der Waals surface area (Å²) in [5, 5.41) is 0. The molecule has 3 heterocycles. The van der Waals surface area contributed by atoms with Crippen LogP contribution in [0.3, 0.4) is 0 Å². The average Bonchev–Trinajstić information content (AvgIpc) is 3.23. The van der Waals surface area contributed by atoms with Crippen molar-refractivity contribution >= 4 is 17.7 Å². The van der Waals surface area contributed by atoms with Gasteiger partial charge in [-0.3, -0.25) is 14.6 Å². The van der Waals surface area contributed by atoms with Gasteiger partial charge in [0.2, 0.25) is 5.96 Å². The second-order valence-corrected chi connectivity index (χ2v) is 7.81. The summed E-state index contributed by atoms with van der Waals surface area (Å²) in [6.45, 7) is 4.84. The number of carbonyl (C=O) groups excluding carboxylic acids is 1. The van der Waals surface area contributed by atoms with E-state index in [1.54, 1.807) is 4.90 Å². The van der Waals surface area contributed by atoms with E-state index in [-0.39, 0.29) is 11.4 Å². The Kier molecular flexibility index (Phi) is 3.12. The maximum absolute atomic E-state index is 13.2. The van der Waals surface area contributed by atoms with E-state index >= 15 is 0 Å². The highest BCUT2D eigenvalue weighted by Crippen LogP contribution is 2.46. The molecule has 1 aromatic carbocycles.